The molecule has 3 heterocycles. The van der Waals surface area contributed by atoms with Gasteiger partial charge >= 0.3 is 16.1 Å². The summed E-state index contributed by atoms with van der Waals surface area (Å²) in [5, 5.41) is 1.40. The van der Waals surface area contributed by atoms with Crippen molar-refractivity contribution >= 4 is 56.8 Å². The van der Waals surface area contributed by atoms with Crippen LogP contribution in [0.15, 0.2) is 21.5 Å². The molecule has 1 aromatic carbocycles. The monoisotopic (exact) mass is 1130 g/mol. The van der Waals surface area contributed by atoms with Crippen molar-refractivity contribution in [3.05, 3.63) is 44.7 Å². The van der Waals surface area contributed by atoms with Crippen LogP contribution < -0.4 is 10.5 Å². The summed E-state index contributed by atoms with van der Waals surface area (Å²) in [4.78, 5) is 49.5. The number of hydrogen-bond donors (Lipinski definition) is 2. The highest BCUT2D eigenvalue weighted by atomic mass is 32.2. The first-order chi connectivity index (χ1) is 36.6. The van der Waals surface area contributed by atoms with Crippen molar-refractivity contribution in [2.45, 2.75) is 50.8 Å². The number of thiophene rings is 1. The van der Waals surface area contributed by atoms with Gasteiger partial charge in [0.25, 0.3) is 5.91 Å². The quantitative estimate of drug-likeness (QED) is 0.0181. The van der Waals surface area contributed by atoms with Crippen LogP contribution in [0.4, 0.5) is 23.2 Å². The van der Waals surface area contributed by atoms with Crippen molar-refractivity contribution in [3.8, 4) is 5.75 Å². The Bertz CT molecular complexity index is 2240. The highest BCUT2D eigenvalue weighted by molar-refractivity contribution is 7.85. The number of ether oxygens (including phenoxy) is 11. The van der Waals surface area contributed by atoms with E-state index < -0.39 is 56.4 Å². The zero-order chi connectivity index (χ0) is 55.1. The van der Waals surface area contributed by atoms with Gasteiger partial charge in [-0.05, 0) is 37.8 Å². The molecule has 1 fully saturated rings. The van der Waals surface area contributed by atoms with E-state index in [0.717, 1.165) is 28.3 Å². The van der Waals surface area contributed by atoms with Crippen LogP contribution in [0.5, 0.6) is 5.75 Å². The molecule has 0 spiro atoms. The number of rotatable bonds is 42. The first-order valence-electron chi connectivity index (χ1n) is 24.8. The molecule has 0 saturated carbocycles. The van der Waals surface area contributed by atoms with Crippen LogP contribution in [0.25, 0.3) is 6.08 Å². The first kappa shape index (κ1) is 64.3. The van der Waals surface area contributed by atoms with Crippen LogP contribution in [0.2, 0.25) is 0 Å². The molecule has 1 saturated heterocycles. The summed E-state index contributed by atoms with van der Waals surface area (Å²) >= 11 is 1.60. The Hall–Kier alpha value is -4.27. The lowest BCUT2D eigenvalue weighted by atomic mass is 9.95. The van der Waals surface area contributed by atoms with E-state index in [9.17, 15) is 40.4 Å². The Morgan fingerprint density at radius 2 is 1.13 bits per heavy atom. The molecule has 0 aliphatic carbocycles. The average Bonchev–Trinajstić information content (AvgIpc) is 3.66. The Balaban J connectivity index is 0.835. The number of aliphatic imine (C=N–C) groups is 1. The molecule has 2 aliphatic rings. The first-order valence-corrected chi connectivity index (χ1v) is 27.1. The summed E-state index contributed by atoms with van der Waals surface area (Å²) in [5.41, 5.74) is 7.51. The third-order valence-corrected chi connectivity index (χ3v) is 12.6. The molecule has 2 amide bonds. The fraction of sp³-hybridized carbons (Fsp3) is 0.667. The average molecular weight is 1130 g/mol. The van der Waals surface area contributed by atoms with Gasteiger partial charge in [0.2, 0.25) is 23.3 Å². The van der Waals surface area contributed by atoms with E-state index >= 15 is 0 Å². The number of carbonyl (C=O) groups is 3. The number of likely N-dealkylation sites (tertiary alicyclic amines) is 1. The second kappa shape index (κ2) is 36.0. The van der Waals surface area contributed by atoms with Crippen LogP contribution >= 0.6 is 11.3 Å². The van der Waals surface area contributed by atoms with Gasteiger partial charge in [-0.2, -0.15) is 17.2 Å². The molecule has 0 atom stereocenters. The predicted molar refractivity (Wildman–Crippen MR) is 265 cm³/mol. The van der Waals surface area contributed by atoms with E-state index in [1.54, 1.807) is 11.3 Å². The number of amides is 2. The van der Waals surface area contributed by atoms with Gasteiger partial charge in [0.1, 0.15) is 5.84 Å². The lowest BCUT2D eigenvalue weighted by Gasteiger charge is -2.39. The molecule has 430 valence electrons. The molecule has 4 rings (SSSR count). The fourth-order valence-electron chi connectivity index (χ4n) is 7.03. The highest BCUT2D eigenvalue weighted by Gasteiger charge is 2.34. The number of benzene rings is 1. The maximum Gasteiger partial charge on any atom is 0.313 e. The number of halogens is 4. The van der Waals surface area contributed by atoms with Gasteiger partial charge in [0.15, 0.2) is 16.5 Å². The van der Waals surface area contributed by atoms with Crippen molar-refractivity contribution in [2.24, 2.45) is 16.6 Å². The summed E-state index contributed by atoms with van der Waals surface area (Å²) in [6, 6.07) is 2.03. The van der Waals surface area contributed by atoms with Crippen molar-refractivity contribution in [2.75, 3.05) is 158 Å². The van der Waals surface area contributed by atoms with Crippen LogP contribution in [0.3, 0.4) is 0 Å². The number of amidine groups is 1. The summed E-state index contributed by atoms with van der Waals surface area (Å²) in [6.45, 7) is 12.2. The lowest BCUT2D eigenvalue weighted by molar-refractivity contribution is -0.180. The largest absolute Gasteiger partial charge is 0.420 e. The minimum Gasteiger partial charge on any atom is -0.420 e. The molecular formula is C48H70F4N4O18S2. The van der Waals surface area contributed by atoms with Crippen LogP contribution in [-0.4, -0.2) is 205 Å². The van der Waals surface area contributed by atoms with Gasteiger partial charge in [-0.25, -0.2) is 18.8 Å². The van der Waals surface area contributed by atoms with Crippen LogP contribution in [-0.2, 0) is 83.1 Å². The molecular weight excluding hydrogens is 1060 g/mol. The molecule has 2 aliphatic heterocycles. The molecule has 0 bridgehead atoms. The molecule has 3 N–H and O–H groups in total. The fourth-order valence-corrected chi connectivity index (χ4v) is 8.85. The number of fused-ring (bicyclic) bond motifs is 1. The minimum absolute atomic E-state index is 0.0193. The zero-order valence-electron chi connectivity index (χ0n) is 42.9. The summed E-state index contributed by atoms with van der Waals surface area (Å²) in [7, 11) is -5.65. The van der Waals surface area contributed by atoms with Gasteiger partial charge in [-0.3, -0.25) is 23.8 Å². The summed E-state index contributed by atoms with van der Waals surface area (Å²) in [5.74, 6) is -12.1. The van der Waals surface area contributed by atoms with E-state index in [1.165, 1.54) is 5.06 Å². The lowest BCUT2D eigenvalue weighted by Crippen LogP contribution is -2.50. The Morgan fingerprint density at radius 1 is 0.697 bits per heavy atom. The third kappa shape index (κ3) is 23.4. The van der Waals surface area contributed by atoms with E-state index in [4.69, 9.17) is 62.5 Å². The predicted octanol–water partition coefficient (Wildman–Crippen LogP) is 4.07. The maximum absolute atomic E-state index is 14.0. The van der Waals surface area contributed by atoms with E-state index in [1.807, 2.05) is 30.9 Å². The van der Waals surface area contributed by atoms with Crippen LogP contribution in [0.1, 0.15) is 49.3 Å². The molecule has 0 unspecified atom stereocenters. The molecule has 1 aromatic heterocycles. The molecule has 2 aromatic rings. The number of esters is 1. The number of nitrogens with zero attached hydrogens (tertiary/aromatic N) is 3. The molecule has 22 nitrogen and oxygen atoms in total. The van der Waals surface area contributed by atoms with Crippen molar-refractivity contribution in [1.82, 2.24) is 9.96 Å². The SMILES string of the molecule is CCCN(OCC)C(=O)C1=Cc2sc(CC3CN(C(=O)CCOCCOCCOCCOCCOCCOCCOCCOCCOCCOCCC(=O)Oc4c(F)c(F)c(S(=O)(=O)O)c(F)c4F)C3)cc2N=C(N)C1. The Labute approximate surface area is 443 Å². The summed E-state index contributed by atoms with van der Waals surface area (Å²) < 4.78 is 145. The molecule has 0 radical (unpaired) electrons. The minimum atomic E-state index is -5.65. The second-order valence-electron chi connectivity index (χ2n) is 16.6. The smallest absolute Gasteiger partial charge is 0.313 e. The van der Waals surface area contributed by atoms with Gasteiger partial charge in [-0.1, -0.05) is 6.92 Å². The normalized spacial score (nSPS) is 13.8. The number of carbonyl (C=O) groups excluding carboxylic acids is 3. The zero-order valence-corrected chi connectivity index (χ0v) is 44.5. The third-order valence-electron chi connectivity index (χ3n) is 10.7. The van der Waals surface area contributed by atoms with E-state index in [2.05, 4.69) is 9.73 Å². The molecule has 28 heteroatoms. The summed E-state index contributed by atoms with van der Waals surface area (Å²) in [6.07, 6.45) is 3.46. The number of nitrogens with two attached hydrogens (primary N) is 1. The van der Waals surface area contributed by atoms with E-state index in [0.29, 0.717) is 149 Å². The standard InChI is InChI=1S/C48H70F4N4O18S2/c1-3-7-56(73-4-2)48(59)35-29-38-37(54-39(53)30-35)31-36(75-38)28-34-32-55(33-34)40(57)5-8-63-10-12-65-14-16-67-18-20-69-22-24-71-26-27-72-25-23-70-21-19-68-17-15-66-13-11-64-9-6-41(58)74-46-42(49)44(51)47(76(60,61)62)45(52)43(46)50/h29,31,34H,3-28,30,32-33H2,1-2H3,(H2,53,54)(H,60,61,62). The Morgan fingerprint density at radius 3 is 1.55 bits per heavy atom. The molecule has 76 heavy (non-hydrogen) atoms. The van der Waals surface area contributed by atoms with Crippen molar-refractivity contribution in [1.29, 1.82) is 0 Å². The maximum atomic E-state index is 14.0. The highest BCUT2D eigenvalue weighted by Crippen LogP contribution is 2.37. The van der Waals surface area contributed by atoms with E-state index in [-0.39, 0.29) is 51.3 Å². The number of hydroxylamine groups is 2. The van der Waals surface area contributed by atoms with Crippen LogP contribution in [0, 0.1) is 29.2 Å². The van der Waals surface area contributed by atoms with Crippen molar-refractivity contribution < 1.29 is 102 Å². The topological polar surface area (TPSA) is 261 Å². The number of hydrogen-bond acceptors (Lipinski definition) is 20. The van der Waals surface area contributed by atoms with Gasteiger partial charge in [0.05, 0.1) is 162 Å². The second-order valence-corrected chi connectivity index (χ2v) is 19.1. The van der Waals surface area contributed by atoms with Gasteiger partial charge in [-0.15, -0.1) is 11.3 Å². The van der Waals surface area contributed by atoms with Gasteiger partial charge < -0.3 is 62.7 Å². The van der Waals surface area contributed by atoms with Crippen molar-refractivity contribution in [3.63, 3.8) is 0 Å². The Kier molecular flexibility index (Phi) is 30.4. The van der Waals surface area contributed by atoms with Gasteiger partial charge in [0, 0.05) is 36.5 Å².